The van der Waals surface area contributed by atoms with E-state index in [4.69, 9.17) is 31.3 Å². The van der Waals surface area contributed by atoms with Crippen LogP contribution in [-0.2, 0) is 4.79 Å². The molecule has 2 rings (SSSR count). The molecule has 1 aliphatic heterocycles. The van der Waals surface area contributed by atoms with Crippen molar-refractivity contribution in [3.8, 4) is 11.5 Å². The molecule has 3 N–H and O–H groups in total. The number of halogens is 1. The molecular formula is C12H12ClNO6. The number of aliphatic hydroxyl groups excluding tert-OH is 1. The van der Waals surface area contributed by atoms with Gasteiger partial charge in [0.1, 0.15) is 13.2 Å². The Morgan fingerprint density at radius 2 is 2.05 bits per heavy atom. The van der Waals surface area contributed by atoms with Gasteiger partial charge in [0.25, 0.3) is 5.91 Å². The van der Waals surface area contributed by atoms with Crippen molar-refractivity contribution in [3.63, 3.8) is 0 Å². The Balaban J connectivity index is 2.10. The molecule has 1 amide bonds. The van der Waals surface area contributed by atoms with Crippen LogP contribution >= 0.6 is 11.6 Å². The number of rotatable bonds is 4. The minimum absolute atomic E-state index is 0.192. The molecule has 0 bridgehead atoms. The summed E-state index contributed by atoms with van der Waals surface area (Å²) in [5.74, 6) is -1.25. The van der Waals surface area contributed by atoms with E-state index in [1.54, 1.807) is 0 Å². The Bertz CT molecular complexity index is 547. The van der Waals surface area contributed by atoms with Crippen molar-refractivity contribution in [1.82, 2.24) is 5.32 Å². The lowest BCUT2D eigenvalue weighted by atomic mass is 10.1. The molecule has 0 aliphatic carbocycles. The number of carbonyl (C=O) groups is 2. The minimum Gasteiger partial charge on any atom is -0.486 e. The highest BCUT2D eigenvalue weighted by Crippen LogP contribution is 2.38. The number of amides is 1. The summed E-state index contributed by atoms with van der Waals surface area (Å²) in [6, 6.07) is 2.83. The first-order valence-electron chi connectivity index (χ1n) is 5.77. The van der Waals surface area contributed by atoms with Crippen LogP contribution in [0.5, 0.6) is 11.5 Å². The summed E-state index contributed by atoms with van der Waals surface area (Å²) in [5, 5.41) is 20.1. The lowest BCUT2D eigenvalue weighted by Gasteiger charge is -2.20. The Morgan fingerprint density at radius 3 is 2.75 bits per heavy atom. The fourth-order valence-corrected chi connectivity index (χ4v) is 1.89. The van der Waals surface area contributed by atoms with E-state index in [2.05, 4.69) is 5.32 Å². The summed E-state index contributed by atoms with van der Waals surface area (Å²) in [7, 11) is 0. The summed E-state index contributed by atoms with van der Waals surface area (Å²) in [6.07, 6.45) is -1.66. The molecule has 0 radical (unpaired) electrons. The molecule has 0 spiro atoms. The number of aliphatic hydroxyl groups is 1. The molecule has 20 heavy (non-hydrogen) atoms. The van der Waals surface area contributed by atoms with Crippen LogP contribution in [0.1, 0.15) is 10.4 Å². The third-order valence-electron chi connectivity index (χ3n) is 2.60. The van der Waals surface area contributed by atoms with Crippen molar-refractivity contribution in [3.05, 3.63) is 22.7 Å². The maximum Gasteiger partial charge on any atom is 0.334 e. The Morgan fingerprint density at radius 1 is 1.35 bits per heavy atom. The van der Waals surface area contributed by atoms with E-state index in [0.717, 1.165) is 0 Å². The predicted octanol–water partition coefficient (Wildman–Crippen LogP) is 0.286. The maximum atomic E-state index is 11.8. The van der Waals surface area contributed by atoms with Gasteiger partial charge in [-0.25, -0.2) is 4.79 Å². The zero-order chi connectivity index (χ0) is 14.7. The van der Waals surface area contributed by atoms with Crippen molar-refractivity contribution in [2.45, 2.75) is 6.10 Å². The summed E-state index contributed by atoms with van der Waals surface area (Å²) in [6.45, 7) is 0.329. The largest absolute Gasteiger partial charge is 0.486 e. The Labute approximate surface area is 119 Å². The van der Waals surface area contributed by atoms with Gasteiger partial charge in [0.05, 0.1) is 11.6 Å². The second-order valence-electron chi connectivity index (χ2n) is 4.05. The average molecular weight is 302 g/mol. The van der Waals surface area contributed by atoms with Gasteiger partial charge in [-0.2, -0.15) is 0 Å². The number of fused-ring (bicyclic) bond motifs is 1. The van der Waals surface area contributed by atoms with Gasteiger partial charge in [-0.05, 0) is 12.1 Å². The average Bonchev–Trinajstić information content (AvgIpc) is 2.44. The zero-order valence-electron chi connectivity index (χ0n) is 10.3. The van der Waals surface area contributed by atoms with Gasteiger partial charge in [0.15, 0.2) is 17.6 Å². The standard InChI is InChI=1S/C12H12ClNO6/c13-7-3-6(4-9-10(7)20-2-1-19-9)11(16)14-5-8(15)12(17)18/h3-4,8,15H,1-2,5H2,(H,14,16)(H,17,18). The molecular weight excluding hydrogens is 290 g/mol. The van der Waals surface area contributed by atoms with Gasteiger partial charge in [0, 0.05) is 5.56 Å². The molecule has 1 aliphatic rings. The molecule has 1 unspecified atom stereocenters. The highest BCUT2D eigenvalue weighted by atomic mass is 35.5. The molecule has 0 saturated carbocycles. The third kappa shape index (κ3) is 3.12. The monoisotopic (exact) mass is 301 g/mol. The highest BCUT2D eigenvalue weighted by Gasteiger charge is 2.20. The SMILES string of the molecule is O=C(NCC(O)C(=O)O)c1cc(Cl)c2c(c1)OCCO2. The molecule has 1 atom stereocenters. The molecule has 8 heteroatoms. The van der Waals surface area contributed by atoms with Crippen molar-refractivity contribution < 1.29 is 29.3 Å². The Kier molecular flexibility index (Phi) is 4.31. The quantitative estimate of drug-likeness (QED) is 0.738. The second kappa shape index (κ2) is 5.98. The molecule has 1 heterocycles. The minimum atomic E-state index is -1.66. The Hall–Kier alpha value is -1.99. The molecule has 108 valence electrons. The molecule has 7 nitrogen and oxygen atoms in total. The number of hydrogen-bond acceptors (Lipinski definition) is 5. The number of carboxylic acids is 1. The fourth-order valence-electron chi connectivity index (χ4n) is 1.62. The van der Waals surface area contributed by atoms with E-state index >= 15 is 0 Å². The van der Waals surface area contributed by atoms with E-state index < -0.39 is 24.5 Å². The number of aliphatic carboxylic acids is 1. The van der Waals surface area contributed by atoms with E-state index in [1.807, 2.05) is 0 Å². The number of carbonyl (C=O) groups excluding carboxylic acids is 1. The highest BCUT2D eigenvalue weighted by molar-refractivity contribution is 6.32. The topological polar surface area (TPSA) is 105 Å². The van der Waals surface area contributed by atoms with Gasteiger partial charge in [-0.1, -0.05) is 11.6 Å². The maximum absolute atomic E-state index is 11.8. The van der Waals surface area contributed by atoms with Crippen LogP contribution in [-0.4, -0.2) is 48.0 Å². The van der Waals surface area contributed by atoms with E-state index in [-0.39, 0.29) is 10.6 Å². The zero-order valence-corrected chi connectivity index (χ0v) is 11.0. The van der Waals surface area contributed by atoms with Crippen molar-refractivity contribution >= 4 is 23.5 Å². The summed E-state index contributed by atoms with van der Waals surface area (Å²) in [5.41, 5.74) is 0.192. The lowest BCUT2D eigenvalue weighted by molar-refractivity contribution is -0.146. The van der Waals surface area contributed by atoms with Crippen LogP contribution in [0.15, 0.2) is 12.1 Å². The number of carboxylic acid groups (broad SMARTS) is 1. The van der Waals surface area contributed by atoms with E-state index in [0.29, 0.717) is 24.7 Å². The van der Waals surface area contributed by atoms with Gasteiger partial charge in [-0.15, -0.1) is 0 Å². The van der Waals surface area contributed by atoms with E-state index in [9.17, 15) is 9.59 Å². The number of ether oxygens (including phenoxy) is 2. The first-order chi connectivity index (χ1) is 9.49. The number of nitrogens with one attached hydrogen (secondary N) is 1. The van der Waals surface area contributed by atoms with Crippen molar-refractivity contribution in [2.24, 2.45) is 0 Å². The van der Waals surface area contributed by atoms with Crippen molar-refractivity contribution in [2.75, 3.05) is 19.8 Å². The van der Waals surface area contributed by atoms with E-state index in [1.165, 1.54) is 12.1 Å². The second-order valence-corrected chi connectivity index (χ2v) is 4.45. The lowest BCUT2D eigenvalue weighted by Crippen LogP contribution is -2.36. The smallest absolute Gasteiger partial charge is 0.334 e. The van der Waals surface area contributed by atoms with Crippen LogP contribution in [0.2, 0.25) is 5.02 Å². The van der Waals surface area contributed by atoms with Crippen LogP contribution in [0.25, 0.3) is 0 Å². The van der Waals surface area contributed by atoms with Crippen LogP contribution in [0, 0.1) is 0 Å². The molecule has 1 aromatic rings. The fraction of sp³-hybridized carbons (Fsp3) is 0.333. The predicted molar refractivity (Wildman–Crippen MR) is 68.4 cm³/mol. The van der Waals surface area contributed by atoms with Gasteiger partial charge < -0.3 is 25.0 Å². The number of hydrogen-bond donors (Lipinski definition) is 3. The normalized spacial score (nSPS) is 14.5. The molecule has 0 saturated heterocycles. The first-order valence-corrected chi connectivity index (χ1v) is 6.15. The molecule has 0 fully saturated rings. The molecule has 1 aromatic carbocycles. The number of benzene rings is 1. The van der Waals surface area contributed by atoms with Gasteiger partial charge >= 0.3 is 5.97 Å². The first kappa shape index (κ1) is 14.4. The third-order valence-corrected chi connectivity index (χ3v) is 2.88. The van der Waals surface area contributed by atoms with Crippen LogP contribution in [0.4, 0.5) is 0 Å². The van der Waals surface area contributed by atoms with Gasteiger partial charge in [-0.3, -0.25) is 4.79 Å². The van der Waals surface area contributed by atoms with Crippen LogP contribution in [0.3, 0.4) is 0 Å². The molecule has 0 aromatic heterocycles. The summed E-state index contributed by atoms with van der Waals surface area (Å²) >= 11 is 5.98. The summed E-state index contributed by atoms with van der Waals surface area (Å²) in [4.78, 5) is 22.3. The van der Waals surface area contributed by atoms with Gasteiger partial charge in [0.2, 0.25) is 0 Å². The summed E-state index contributed by atoms with van der Waals surface area (Å²) < 4.78 is 10.6. The van der Waals surface area contributed by atoms with Crippen LogP contribution < -0.4 is 14.8 Å². The van der Waals surface area contributed by atoms with Crippen molar-refractivity contribution in [1.29, 1.82) is 0 Å².